The fourth-order valence-electron chi connectivity index (χ4n) is 2.63. The van der Waals surface area contributed by atoms with Crippen LogP contribution in [0.15, 0.2) is 0 Å². The van der Waals surface area contributed by atoms with Crippen LogP contribution < -0.4 is 0 Å². The molecule has 0 aromatic heterocycles. The summed E-state index contributed by atoms with van der Waals surface area (Å²) in [6, 6.07) is 0. The summed E-state index contributed by atoms with van der Waals surface area (Å²) in [5.41, 5.74) is 0. The molecule has 0 amide bonds. The number of unbranched alkanes of at least 4 members (excludes halogenated alkanes) is 3. The second-order valence-corrected chi connectivity index (χ2v) is 7.43. The average Bonchev–Trinajstić information content (AvgIpc) is 2.26. The average molecular weight is 261 g/mol. The molecule has 0 nitrogen and oxygen atoms in total. The van der Waals surface area contributed by atoms with E-state index in [4.69, 9.17) is 0 Å². The predicted molar refractivity (Wildman–Crippen MR) is 66.2 cm³/mol. The van der Waals surface area contributed by atoms with E-state index in [9.17, 15) is 0 Å². The summed E-state index contributed by atoms with van der Waals surface area (Å²) in [4.78, 5) is 0. The molecule has 0 radical (unpaired) electrons. The van der Waals surface area contributed by atoms with Gasteiger partial charge in [0, 0.05) is 0 Å². The molecule has 1 fully saturated rings. The molecular formula is C13H26Se. The van der Waals surface area contributed by atoms with Crippen molar-refractivity contribution >= 4 is 15.0 Å². The molecule has 0 atom stereocenters. The van der Waals surface area contributed by atoms with Gasteiger partial charge in [-0.2, -0.15) is 0 Å². The molecule has 1 heteroatoms. The van der Waals surface area contributed by atoms with Gasteiger partial charge in [0.2, 0.25) is 0 Å². The first-order valence-corrected chi connectivity index (χ1v) is 8.95. The Morgan fingerprint density at radius 2 is 1.71 bits per heavy atom. The standard InChI is InChI=1S/C13H26Se/c1-3-4-5-7-10-13(14-2)11-8-6-9-12-13/h3-12H2,1-2H3. The van der Waals surface area contributed by atoms with Crippen molar-refractivity contribution in [1.29, 1.82) is 0 Å². The Kier molecular flexibility index (Phi) is 6.21. The monoisotopic (exact) mass is 262 g/mol. The van der Waals surface area contributed by atoms with Crippen molar-refractivity contribution in [3.05, 3.63) is 0 Å². The second-order valence-electron chi connectivity index (χ2n) is 4.76. The quantitative estimate of drug-likeness (QED) is 0.474. The fraction of sp³-hybridized carbons (Fsp3) is 1.00. The van der Waals surface area contributed by atoms with Crippen molar-refractivity contribution in [2.24, 2.45) is 0 Å². The normalized spacial score (nSPS) is 21.0. The van der Waals surface area contributed by atoms with Gasteiger partial charge in [0.05, 0.1) is 0 Å². The van der Waals surface area contributed by atoms with Crippen LogP contribution in [0.25, 0.3) is 0 Å². The summed E-state index contributed by atoms with van der Waals surface area (Å²) in [5, 5.41) is 0. The molecule has 0 bridgehead atoms. The number of hydrogen-bond donors (Lipinski definition) is 0. The predicted octanol–water partition coefficient (Wildman–Crippen LogP) is 4.83. The summed E-state index contributed by atoms with van der Waals surface area (Å²) < 4.78 is 0.832. The Bertz CT molecular complexity index is 136. The van der Waals surface area contributed by atoms with Crippen LogP contribution in [0.1, 0.15) is 71.1 Å². The number of rotatable bonds is 6. The molecule has 0 N–H and O–H groups in total. The first kappa shape index (κ1) is 12.6. The third-order valence-electron chi connectivity index (χ3n) is 3.68. The zero-order chi connectivity index (χ0) is 10.3. The topological polar surface area (TPSA) is 0 Å². The Labute approximate surface area is 96.4 Å². The van der Waals surface area contributed by atoms with Gasteiger partial charge < -0.3 is 0 Å². The molecule has 0 aromatic carbocycles. The maximum absolute atomic E-state index is 2.47. The molecule has 1 rings (SSSR count). The van der Waals surface area contributed by atoms with Crippen molar-refractivity contribution < 1.29 is 0 Å². The molecule has 0 heterocycles. The maximum atomic E-state index is 2.47. The molecule has 14 heavy (non-hydrogen) atoms. The summed E-state index contributed by atoms with van der Waals surface area (Å²) in [7, 11) is 0. The van der Waals surface area contributed by atoms with Gasteiger partial charge in [-0.05, 0) is 0 Å². The minimum atomic E-state index is 0.832. The van der Waals surface area contributed by atoms with Crippen molar-refractivity contribution in [2.75, 3.05) is 0 Å². The van der Waals surface area contributed by atoms with Crippen molar-refractivity contribution in [3.63, 3.8) is 0 Å². The van der Waals surface area contributed by atoms with Gasteiger partial charge in [0.15, 0.2) is 0 Å². The SMILES string of the molecule is CCCCCCC1([Se]C)CCCCC1. The second kappa shape index (κ2) is 6.90. The molecule has 1 aliphatic rings. The zero-order valence-corrected chi connectivity index (χ0v) is 11.7. The van der Waals surface area contributed by atoms with Gasteiger partial charge in [-0.3, -0.25) is 0 Å². The first-order chi connectivity index (χ1) is 6.83. The van der Waals surface area contributed by atoms with E-state index in [-0.39, 0.29) is 0 Å². The third kappa shape index (κ3) is 3.95. The molecule has 0 unspecified atom stereocenters. The summed E-state index contributed by atoms with van der Waals surface area (Å²) >= 11 is 0.889. The third-order valence-corrected chi connectivity index (χ3v) is 6.79. The van der Waals surface area contributed by atoms with Gasteiger partial charge in [-0.15, -0.1) is 0 Å². The van der Waals surface area contributed by atoms with Gasteiger partial charge in [0.25, 0.3) is 0 Å². The summed E-state index contributed by atoms with van der Waals surface area (Å²) in [5.74, 6) is 2.47. The van der Waals surface area contributed by atoms with Crippen LogP contribution in [0, 0.1) is 0 Å². The van der Waals surface area contributed by atoms with Crippen LogP contribution in [0.2, 0.25) is 10.1 Å². The van der Waals surface area contributed by atoms with Gasteiger partial charge in [-0.25, -0.2) is 0 Å². The molecule has 0 spiro atoms. The summed E-state index contributed by atoms with van der Waals surface area (Å²) in [6.07, 6.45) is 15.0. The molecule has 84 valence electrons. The fourth-order valence-corrected chi connectivity index (χ4v) is 4.82. The number of hydrogen-bond acceptors (Lipinski definition) is 0. The van der Waals surface area contributed by atoms with E-state index >= 15 is 0 Å². The van der Waals surface area contributed by atoms with Crippen molar-refractivity contribution in [2.45, 2.75) is 81.3 Å². The van der Waals surface area contributed by atoms with Crippen LogP contribution >= 0.6 is 0 Å². The Morgan fingerprint density at radius 3 is 2.29 bits per heavy atom. The minimum absolute atomic E-state index is 0.832. The van der Waals surface area contributed by atoms with Crippen LogP contribution in [0.3, 0.4) is 0 Å². The van der Waals surface area contributed by atoms with Crippen molar-refractivity contribution in [3.8, 4) is 0 Å². The Morgan fingerprint density at radius 1 is 1.00 bits per heavy atom. The summed E-state index contributed by atoms with van der Waals surface area (Å²) in [6.45, 7) is 2.31. The molecule has 0 aromatic rings. The Hall–Kier alpha value is 0.519. The van der Waals surface area contributed by atoms with E-state index in [1.807, 2.05) is 0 Å². The van der Waals surface area contributed by atoms with Crippen LogP contribution in [-0.4, -0.2) is 15.0 Å². The van der Waals surface area contributed by atoms with Crippen LogP contribution in [-0.2, 0) is 0 Å². The molecule has 1 aliphatic carbocycles. The molecule has 0 aliphatic heterocycles. The zero-order valence-electron chi connectivity index (χ0n) is 9.98. The Balaban J connectivity index is 2.22. The molecular weight excluding hydrogens is 235 g/mol. The van der Waals surface area contributed by atoms with E-state index in [1.165, 1.54) is 44.9 Å². The van der Waals surface area contributed by atoms with E-state index in [0.29, 0.717) is 0 Å². The van der Waals surface area contributed by atoms with Gasteiger partial charge in [0.1, 0.15) is 0 Å². The van der Waals surface area contributed by atoms with E-state index in [2.05, 4.69) is 12.7 Å². The van der Waals surface area contributed by atoms with E-state index in [1.54, 1.807) is 19.3 Å². The van der Waals surface area contributed by atoms with Crippen molar-refractivity contribution in [1.82, 2.24) is 0 Å². The van der Waals surface area contributed by atoms with Gasteiger partial charge in [-0.1, -0.05) is 0 Å². The molecule has 1 saturated carbocycles. The van der Waals surface area contributed by atoms with E-state index < -0.39 is 0 Å². The first-order valence-electron chi connectivity index (χ1n) is 6.38. The van der Waals surface area contributed by atoms with Crippen LogP contribution in [0.5, 0.6) is 0 Å². The van der Waals surface area contributed by atoms with Crippen LogP contribution in [0.4, 0.5) is 0 Å². The van der Waals surface area contributed by atoms with E-state index in [0.717, 1.165) is 19.3 Å². The molecule has 0 saturated heterocycles. The van der Waals surface area contributed by atoms with Gasteiger partial charge >= 0.3 is 96.2 Å².